The molecule has 2 aromatic carbocycles. The highest BCUT2D eigenvalue weighted by atomic mass is 16.5. The van der Waals surface area contributed by atoms with Crippen LogP contribution in [-0.2, 0) is 0 Å². The summed E-state index contributed by atoms with van der Waals surface area (Å²) in [4.78, 5) is 17.2. The molecule has 2 aliphatic rings. The normalized spacial score (nSPS) is 11.9. The summed E-state index contributed by atoms with van der Waals surface area (Å²) in [5.74, 6) is 2.46. The lowest BCUT2D eigenvalue weighted by Crippen LogP contribution is -1.96. The molecule has 2 aliphatic heterocycles. The van der Waals surface area contributed by atoms with Gasteiger partial charge in [-0.15, -0.1) is 0 Å². The van der Waals surface area contributed by atoms with Crippen LogP contribution in [0.4, 0.5) is 0 Å². The van der Waals surface area contributed by atoms with Crippen LogP contribution in [0.1, 0.15) is 22.8 Å². The number of nitrogens with zero attached hydrogens (tertiary/aromatic N) is 2. The van der Waals surface area contributed by atoms with Gasteiger partial charge in [-0.2, -0.15) is 0 Å². The van der Waals surface area contributed by atoms with E-state index in [1.165, 1.54) is 0 Å². The van der Waals surface area contributed by atoms with Crippen molar-refractivity contribution in [2.75, 3.05) is 28.4 Å². The summed E-state index contributed by atoms with van der Waals surface area (Å²) in [6.07, 6.45) is 8.10. The highest BCUT2D eigenvalue weighted by Crippen LogP contribution is 2.43. The van der Waals surface area contributed by atoms with Crippen molar-refractivity contribution in [3.63, 3.8) is 0 Å². The Labute approximate surface area is 254 Å². The van der Waals surface area contributed by atoms with E-state index in [9.17, 15) is 0 Å². The van der Waals surface area contributed by atoms with Crippen LogP contribution >= 0.6 is 0 Å². The maximum Gasteiger partial charge on any atom is 0.203 e. The molecule has 0 amide bonds. The number of benzene rings is 2. The summed E-state index contributed by atoms with van der Waals surface area (Å²) in [5.41, 5.74) is 10.7. The fourth-order valence-electron chi connectivity index (χ4n) is 5.68. The van der Waals surface area contributed by atoms with Crippen molar-refractivity contribution in [3.8, 4) is 45.3 Å². The molecule has 3 aromatic heterocycles. The maximum absolute atomic E-state index is 5.69. The Morgan fingerprint density at radius 1 is 0.523 bits per heavy atom. The van der Waals surface area contributed by atoms with Crippen molar-refractivity contribution >= 4 is 46.4 Å². The average molecular weight is 583 g/mol. The monoisotopic (exact) mass is 582 g/mol. The number of rotatable bonds is 6. The molecule has 5 aromatic rings. The maximum atomic E-state index is 5.69. The van der Waals surface area contributed by atoms with Gasteiger partial charge in [-0.3, -0.25) is 0 Å². The second kappa shape index (κ2) is 11.1. The standard InChI is InChI=1S/C36H30N4O4/c1-41-27-7-5-6-21(16-27)34-28-12-8-23(37-28)19-25-10-14-30(39-25)35(22-17-32(42-2)36(44-4)33(18-22)43-3)31-15-11-26(40-31)20-24-9-13-29(34)38-24/h5-20,39-40H,1-4H3. The topological polar surface area (TPSA) is 94.3 Å². The molecule has 2 N–H and O–H groups in total. The Hall–Kier alpha value is -5.76. The predicted molar refractivity (Wildman–Crippen MR) is 176 cm³/mol. The van der Waals surface area contributed by atoms with Crippen LogP contribution in [0.15, 0.2) is 72.8 Å². The zero-order valence-electron chi connectivity index (χ0n) is 24.8. The first kappa shape index (κ1) is 27.1. The summed E-state index contributed by atoms with van der Waals surface area (Å²) in [6, 6.07) is 24.2. The number of hydrogen-bond donors (Lipinski definition) is 2. The molecule has 7 rings (SSSR count). The van der Waals surface area contributed by atoms with Crippen molar-refractivity contribution in [3.05, 3.63) is 95.6 Å². The van der Waals surface area contributed by atoms with Gasteiger partial charge in [-0.05, 0) is 96.1 Å². The molecule has 44 heavy (non-hydrogen) atoms. The Morgan fingerprint density at radius 3 is 1.64 bits per heavy atom. The second-order valence-corrected chi connectivity index (χ2v) is 10.3. The highest BCUT2D eigenvalue weighted by molar-refractivity contribution is 5.95. The Morgan fingerprint density at radius 2 is 1.11 bits per heavy atom. The number of aromatic amines is 2. The van der Waals surface area contributed by atoms with Crippen LogP contribution in [0, 0.1) is 0 Å². The van der Waals surface area contributed by atoms with Gasteiger partial charge in [0.1, 0.15) is 5.75 Å². The predicted octanol–water partition coefficient (Wildman–Crippen LogP) is 8.02. The van der Waals surface area contributed by atoms with E-state index in [4.69, 9.17) is 28.9 Å². The Balaban J connectivity index is 1.54. The minimum Gasteiger partial charge on any atom is -0.497 e. The summed E-state index contributed by atoms with van der Waals surface area (Å²) < 4.78 is 22.5. The largest absolute Gasteiger partial charge is 0.497 e. The molecule has 8 heteroatoms. The molecule has 0 saturated carbocycles. The molecule has 0 spiro atoms. The van der Waals surface area contributed by atoms with Gasteiger partial charge in [-0.25, -0.2) is 9.97 Å². The molecule has 8 nitrogen and oxygen atoms in total. The van der Waals surface area contributed by atoms with Crippen LogP contribution in [0.5, 0.6) is 23.0 Å². The molecular weight excluding hydrogens is 552 g/mol. The molecule has 0 aliphatic carbocycles. The minimum atomic E-state index is 0.537. The molecule has 8 bridgehead atoms. The molecule has 0 unspecified atom stereocenters. The third-order valence-corrected chi connectivity index (χ3v) is 7.71. The van der Waals surface area contributed by atoms with Gasteiger partial charge >= 0.3 is 0 Å². The van der Waals surface area contributed by atoms with Gasteiger partial charge in [0.15, 0.2) is 11.5 Å². The molecule has 0 fully saturated rings. The quantitative estimate of drug-likeness (QED) is 0.206. The van der Waals surface area contributed by atoms with E-state index in [-0.39, 0.29) is 0 Å². The molecule has 0 atom stereocenters. The number of ether oxygens (including phenoxy) is 4. The Bertz CT molecular complexity index is 2020. The van der Waals surface area contributed by atoms with Gasteiger partial charge in [-0.1, -0.05) is 12.1 Å². The minimum absolute atomic E-state index is 0.537. The summed E-state index contributed by atoms with van der Waals surface area (Å²) in [6.45, 7) is 0. The SMILES string of the molecule is COc1cccc(-c2c3nc(cc4ccc([nH]4)c(-c4cc(OC)c(OC)c(OC)c4)c4ccc(cc5nc2C=C5)[nH]4)C=C3)c1. The van der Waals surface area contributed by atoms with Crippen molar-refractivity contribution in [2.24, 2.45) is 0 Å². The van der Waals surface area contributed by atoms with Gasteiger partial charge in [0.05, 0.1) is 51.2 Å². The number of hydrogen-bond acceptors (Lipinski definition) is 6. The van der Waals surface area contributed by atoms with Crippen molar-refractivity contribution in [1.29, 1.82) is 0 Å². The Kier molecular flexibility index (Phi) is 6.86. The number of methoxy groups -OCH3 is 4. The molecule has 0 saturated heterocycles. The number of H-pyrrole nitrogens is 2. The lowest BCUT2D eigenvalue weighted by molar-refractivity contribution is 0.324. The summed E-state index contributed by atoms with van der Waals surface area (Å²) in [5, 5.41) is 0. The van der Waals surface area contributed by atoms with Crippen LogP contribution in [0.3, 0.4) is 0 Å². The first-order valence-corrected chi connectivity index (χ1v) is 14.1. The van der Waals surface area contributed by atoms with Gasteiger partial charge in [0, 0.05) is 33.2 Å². The zero-order chi connectivity index (χ0) is 30.2. The van der Waals surface area contributed by atoms with E-state index in [0.29, 0.717) is 17.2 Å². The van der Waals surface area contributed by atoms with Gasteiger partial charge in [0.25, 0.3) is 0 Å². The van der Waals surface area contributed by atoms with Crippen LogP contribution in [-0.4, -0.2) is 48.4 Å². The van der Waals surface area contributed by atoms with Crippen molar-refractivity contribution in [1.82, 2.24) is 19.9 Å². The highest BCUT2D eigenvalue weighted by Gasteiger charge is 2.18. The number of aromatic nitrogens is 4. The van der Waals surface area contributed by atoms with Crippen molar-refractivity contribution in [2.45, 2.75) is 0 Å². The third-order valence-electron chi connectivity index (χ3n) is 7.71. The van der Waals surface area contributed by atoms with Crippen LogP contribution < -0.4 is 18.9 Å². The smallest absolute Gasteiger partial charge is 0.203 e. The van der Waals surface area contributed by atoms with Gasteiger partial charge in [0.2, 0.25) is 5.75 Å². The molecule has 218 valence electrons. The van der Waals surface area contributed by atoms with Crippen molar-refractivity contribution < 1.29 is 18.9 Å². The fraction of sp³-hybridized carbons (Fsp3) is 0.111. The van der Waals surface area contributed by atoms with E-state index in [1.54, 1.807) is 28.4 Å². The van der Waals surface area contributed by atoms with Gasteiger partial charge < -0.3 is 28.9 Å². The lowest BCUT2D eigenvalue weighted by Gasteiger charge is -2.14. The number of fused-ring (bicyclic) bond motifs is 8. The van der Waals surface area contributed by atoms with E-state index in [1.807, 2.05) is 78.9 Å². The second-order valence-electron chi connectivity index (χ2n) is 10.3. The fourth-order valence-corrected chi connectivity index (χ4v) is 5.68. The van der Waals surface area contributed by atoms with Crippen LogP contribution in [0.2, 0.25) is 0 Å². The van der Waals surface area contributed by atoms with Crippen LogP contribution in [0.25, 0.3) is 68.6 Å². The lowest BCUT2D eigenvalue weighted by atomic mass is 10.0. The van der Waals surface area contributed by atoms with E-state index in [0.717, 1.165) is 72.8 Å². The molecular formula is C36H30N4O4. The molecule has 5 heterocycles. The first-order chi connectivity index (χ1) is 21.6. The summed E-state index contributed by atoms with van der Waals surface area (Å²) >= 11 is 0. The summed E-state index contributed by atoms with van der Waals surface area (Å²) in [7, 11) is 6.51. The van der Waals surface area contributed by atoms with E-state index < -0.39 is 0 Å². The third kappa shape index (κ3) is 4.86. The average Bonchev–Trinajstić information content (AvgIpc) is 3.87. The van der Waals surface area contributed by atoms with E-state index >= 15 is 0 Å². The number of nitrogens with one attached hydrogen (secondary N) is 2. The first-order valence-electron chi connectivity index (χ1n) is 14.1. The molecule has 0 radical (unpaired) electrons. The zero-order valence-corrected chi connectivity index (χ0v) is 24.8. The van der Waals surface area contributed by atoms with E-state index in [2.05, 4.69) is 28.2 Å².